The van der Waals surface area contributed by atoms with Crippen LogP contribution < -0.4 is 5.32 Å². The Hall–Kier alpha value is -0.840. The van der Waals surface area contributed by atoms with Gasteiger partial charge in [0.05, 0.1) is 0 Å². The molecule has 1 aliphatic heterocycles. The summed E-state index contributed by atoms with van der Waals surface area (Å²) in [4.78, 5) is 6.07. The first-order valence-electron chi connectivity index (χ1n) is 7.68. The van der Waals surface area contributed by atoms with E-state index in [2.05, 4.69) is 76.3 Å². The summed E-state index contributed by atoms with van der Waals surface area (Å²) < 4.78 is 1.14. The van der Waals surface area contributed by atoms with Gasteiger partial charge in [-0.3, -0.25) is 4.90 Å². The molecule has 2 N–H and O–H groups in total. The molecule has 114 valence electrons. The molecule has 1 fully saturated rings. The molecule has 3 nitrogen and oxygen atoms in total. The van der Waals surface area contributed by atoms with E-state index in [1.165, 1.54) is 16.5 Å². The van der Waals surface area contributed by atoms with Gasteiger partial charge in [0.25, 0.3) is 0 Å². The summed E-state index contributed by atoms with van der Waals surface area (Å²) in [7, 11) is 0. The lowest BCUT2D eigenvalue weighted by Gasteiger charge is -2.42. The van der Waals surface area contributed by atoms with E-state index >= 15 is 0 Å². The summed E-state index contributed by atoms with van der Waals surface area (Å²) in [5.41, 5.74) is 2.84. The maximum Gasteiger partial charge on any atom is 0.0458 e. The summed E-state index contributed by atoms with van der Waals surface area (Å²) in [6, 6.07) is 6.92. The van der Waals surface area contributed by atoms with Gasteiger partial charge in [0.1, 0.15) is 0 Å². The predicted octanol–water partition coefficient (Wildman–Crippen LogP) is 3.92. The van der Waals surface area contributed by atoms with Crippen molar-refractivity contribution in [1.29, 1.82) is 0 Å². The second-order valence-electron chi connectivity index (χ2n) is 6.99. The highest BCUT2D eigenvalue weighted by Crippen LogP contribution is 2.41. The summed E-state index contributed by atoms with van der Waals surface area (Å²) in [6.45, 7) is 11.4. The number of nitrogens with one attached hydrogen (secondary N) is 2. The molecule has 0 aliphatic carbocycles. The normalized spacial score (nSPS) is 19.0. The van der Waals surface area contributed by atoms with Crippen molar-refractivity contribution in [2.45, 2.75) is 26.8 Å². The molecule has 1 aliphatic rings. The molecule has 0 unspecified atom stereocenters. The van der Waals surface area contributed by atoms with E-state index in [1.807, 2.05) is 0 Å². The molecule has 2 aromatic rings. The minimum Gasteiger partial charge on any atom is -0.361 e. The Kier molecular flexibility index (Phi) is 4.12. The van der Waals surface area contributed by atoms with E-state index in [-0.39, 0.29) is 5.41 Å². The van der Waals surface area contributed by atoms with E-state index in [0.717, 1.165) is 30.7 Å². The molecule has 3 rings (SSSR count). The highest BCUT2D eigenvalue weighted by molar-refractivity contribution is 9.10. The zero-order valence-corrected chi connectivity index (χ0v) is 14.6. The molecule has 0 saturated carbocycles. The number of fused-ring (bicyclic) bond motifs is 1. The van der Waals surface area contributed by atoms with Crippen molar-refractivity contribution in [3.8, 4) is 0 Å². The number of nitrogens with zero attached hydrogens (tertiary/aromatic N) is 1. The lowest BCUT2D eigenvalue weighted by Crippen LogP contribution is -2.48. The third-order valence-electron chi connectivity index (χ3n) is 4.31. The van der Waals surface area contributed by atoms with Crippen molar-refractivity contribution >= 4 is 26.8 Å². The van der Waals surface area contributed by atoms with Crippen molar-refractivity contribution < 1.29 is 0 Å². The van der Waals surface area contributed by atoms with Crippen LogP contribution in [0.1, 0.15) is 32.4 Å². The zero-order chi connectivity index (χ0) is 15.0. The van der Waals surface area contributed by atoms with Crippen LogP contribution >= 0.6 is 15.9 Å². The summed E-state index contributed by atoms with van der Waals surface area (Å²) in [5, 5.41) is 4.79. The Bertz CT molecular complexity index is 620. The quantitative estimate of drug-likeness (QED) is 0.860. The van der Waals surface area contributed by atoms with Crippen molar-refractivity contribution in [3.05, 3.63) is 34.4 Å². The van der Waals surface area contributed by atoms with Crippen LogP contribution in [0.15, 0.2) is 28.9 Å². The Balaban J connectivity index is 2.07. The van der Waals surface area contributed by atoms with Gasteiger partial charge in [0.2, 0.25) is 0 Å². The average Bonchev–Trinajstić information content (AvgIpc) is 2.82. The number of aromatic nitrogens is 1. The Morgan fingerprint density at radius 3 is 2.57 bits per heavy atom. The lowest BCUT2D eigenvalue weighted by atomic mass is 9.81. The molecule has 1 aromatic carbocycles. The number of piperazine rings is 1. The molecule has 21 heavy (non-hydrogen) atoms. The number of benzene rings is 1. The molecule has 0 amide bonds. The maximum absolute atomic E-state index is 3.61. The zero-order valence-electron chi connectivity index (χ0n) is 13.0. The van der Waals surface area contributed by atoms with E-state index in [9.17, 15) is 0 Å². The topological polar surface area (TPSA) is 31.1 Å². The second kappa shape index (κ2) is 5.75. The van der Waals surface area contributed by atoms with Gasteiger partial charge in [-0.15, -0.1) is 0 Å². The van der Waals surface area contributed by atoms with Crippen molar-refractivity contribution in [2.75, 3.05) is 26.2 Å². The monoisotopic (exact) mass is 349 g/mol. The van der Waals surface area contributed by atoms with Gasteiger partial charge >= 0.3 is 0 Å². The first-order chi connectivity index (χ1) is 9.97. The van der Waals surface area contributed by atoms with Crippen molar-refractivity contribution in [1.82, 2.24) is 15.2 Å². The second-order valence-corrected chi connectivity index (χ2v) is 7.90. The van der Waals surface area contributed by atoms with E-state index in [0.29, 0.717) is 6.04 Å². The lowest BCUT2D eigenvalue weighted by molar-refractivity contribution is 0.0872. The van der Waals surface area contributed by atoms with Crippen LogP contribution in [0, 0.1) is 5.41 Å². The largest absolute Gasteiger partial charge is 0.361 e. The van der Waals surface area contributed by atoms with Crippen LogP contribution in [0.3, 0.4) is 0 Å². The molecular formula is C17H24BrN3. The maximum atomic E-state index is 3.61. The van der Waals surface area contributed by atoms with Crippen LogP contribution in [0.5, 0.6) is 0 Å². The minimum absolute atomic E-state index is 0.203. The van der Waals surface area contributed by atoms with Gasteiger partial charge in [-0.2, -0.15) is 0 Å². The smallest absolute Gasteiger partial charge is 0.0458 e. The molecule has 0 bridgehead atoms. The molecule has 1 atom stereocenters. The molecule has 4 heteroatoms. The molecule has 1 saturated heterocycles. The first-order valence-corrected chi connectivity index (χ1v) is 8.47. The van der Waals surface area contributed by atoms with Gasteiger partial charge in [-0.25, -0.2) is 0 Å². The first kappa shape index (κ1) is 15.1. The number of halogens is 1. The minimum atomic E-state index is 0.203. The Morgan fingerprint density at radius 2 is 1.90 bits per heavy atom. The van der Waals surface area contributed by atoms with Crippen LogP contribution in [0.25, 0.3) is 10.9 Å². The van der Waals surface area contributed by atoms with E-state index < -0.39 is 0 Å². The van der Waals surface area contributed by atoms with E-state index in [1.54, 1.807) is 0 Å². The summed E-state index contributed by atoms with van der Waals surface area (Å²) >= 11 is 3.61. The fourth-order valence-corrected chi connectivity index (χ4v) is 3.85. The highest BCUT2D eigenvalue weighted by Gasteiger charge is 2.34. The third-order valence-corrected chi connectivity index (χ3v) is 4.80. The fourth-order valence-electron chi connectivity index (χ4n) is 3.49. The van der Waals surface area contributed by atoms with Gasteiger partial charge in [0, 0.05) is 53.8 Å². The van der Waals surface area contributed by atoms with Crippen LogP contribution in [0.4, 0.5) is 0 Å². The molecule has 2 heterocycles. The van der Waals surface area contributed by atoms with Crippen molar-refractivity contribution in [2.24, 2.45) is 5.41 Å². The Morgan fingerprint density at radius 1 is 1.19 bits per heavy atom. The third kappa shape index (κ3) is 3.03. The highest BCUT2D eigenvalue weighted by atomic mass is 79.9. The molecule has 1 aromatic heterocycles. The number of hydrogen-bond donors (Lipinski definition) is 2. The van der Waals surface area contributed by atoms with Crippen LogP contribution in [0.2, 0.25) is 0 Å². The number of aromatic amines is 1. The van der Waals surface area contributed by atoms with Crippen LogP contribution in [-0.2, 0) is 0 Å². The number of hydrogen-bond acceptors (Lipinski definition) is 2. The Labute approximate surface area is 135 Å². The average molecular weight is 350 g/mol. The molecule has 0 radical (unpaired) electrons. The van der Waals surface area contributed by atoms with E-state index in [4.69, 9.17) is 0 Å². The van der Waals surface area contributed by atoms with Gasteiger partial charge < -0.3 is 10.3 Å². The summed E-state index contributed by atoms with van der Waals surface area (Å²) in [5.74, 6) is 0. The van der Waals surface area contributed by atoms with Gasteiger partial charge in [-0.1, -0.05) is 36.7 Å². The molecular weight excluding hydrogens is 326 g/mol. The predicted molar refractivity (Wildman–Crippen MR) is 92.6 cm³/mol. The standard InChI is InChI=1S/C17H24BrN3/c1-17(2,3)16(21-8-6-19-7-9-21)14-11-20-15-5-4-12(18)10-13(14)15/h4-5,10-11,16,19-20H,6-9H2,1-3H3/t16-/m0/s1. The number of H-pyrrole nitrogens is 1. The SMILES string of the molecule is CC(C)(C)[C@H](c1c[nH]c2ccc(Br)cc12)N1CCNCC1. The van der Waals surface area contributed by atoms with Gasteiger partial charge in [-0.05, 0) is 29.2 Å². The van der Waals surface area contributed by atoms with Crippen molar-refractivity contribution in [3.63, 3.8) is 0 Å². The number of rotatable bonds is 2. The van der Waals surface area contributed by atoms with Gasteiger partial charge in [0.15, 0.2) is 0 Å². The summed E-state index contributed by atoms with van der Waals surface area (Å²) in [6.07, 6.45) is 2.20. The molecule has 0 spiro atoms. The van der Waals surface area contributed by atoms with Crippen LogP contribution in [-0.4, -0.2) is 36.1 Å². The fraction of sp³-hybridized carbons (Fsp3) is 0.529.